The van der Waals surface area contributed by atoms with Crippen molar-refractivity contribution >= 4 is 17.4 Å². The maximum absolute atomic E-state index is 11.2. The van der Waals surface area contributed by atoms with Crippen molar-refractivity contribution in [2.45, 2.75) is 0 Å². The summed E-state index contributed by atoms with van der Waals surface area (Å²) in [5, 5.41) is 12.5. The molecule has 6 nitrogen and oxygen atoms in total. The highest BCUT2D eigenvalue weighted by Gasteiger charge is 2.10. The van der Waals surface area contributed by atoms with Crippen LogP contribution in [0, 0.1) is 11.3 Å². The van der Waals surface area contributed by atoms with Crippen molar-refractivity contribution in [1.29, 1.82) is 5.26 Å². The van der Waals surface area contributed by atoms with Gasteiger partial charge in [0.2, 0.25) is 5.71 Å². The number of ether oxygens (including phenoxy) is 2. The summed E-state index contributed by atoms with van der Waals surface area (Å²) in [4.78, 5) is 11.2. The van der Waals surface area contributed by atoms with Crippen molar-refractivity contribution in [1.82, 2.24) is 0 Å². The molecule has 0 atom stereocenters. The third-order valence-electron chi connectivity index (χ3n) is 2.61. The van der Waals surface area contributed by atoms with E-state index in [2.05, 4.69) is 15.3 Å². The fourth-order valence-corrected chi connectivity index (χ4v) is 1.56. The van der Waals surface area contributed by atoms with Gasteiger partial charge in [0.1, 0.15) is 17.6 Å². The number of hydrogen-bond acceptors (Lipinski definition) is 6. The molecule has 2 aromatic carbocycles. The van der Waals surface area contributed by atoms with E-state index in [0.29, 0.717) is 11.4 Å². The van der Waals surface area contributed by atoms with Gasteiger partial charge in [-0.2, -0.15) is 10.4 Å². The van der Waals surface area contributed by atoms with Gasteiger partial charge in [-0.25, -0.2) is 4.79 Å². The van der Waals surface area contributed by atoms with Crippen LogP contribution in [0.2, 0.25) is 0 Å². The number of esters is 1. The number of hydrogen-bond donors (Lipinski definition) is 1. The third-order valence-corrected chi connectivity index (χ3v) is 2.61. The van der Waals surface area contributed by atoms with Gasteiger partial charge in [-0.15, -0.1) is 0 Å². The molecule has 0 fully saturated rings. The minimum Gasteiger partial charge on any atom is -0.464 e. The van der Waals surface area contributed by atoms with Gasteiger partial charge < -0.3 is 9.47 Å². The zero-order chi connectivity index (χ0) is 15.8. The van der Waals surface area contributed by atoms with Crippen LogP contribution in [-0.2, 0) is 9.53 Å². The predicted octanol–water partition coefficient (Wildman–Crippen LogP) is 2.94. The van der Waals surface area contributed by atoms with Crippen LogP contribution in [0.15, 0.2) is 59.7 Å². The number of anilines is 1. The Balaban J connectivity index is 2.02. The molecule has 0 saturated carbocycles. The quantitative estimate of drug-likeness (QED) is 0.521. The molecule has 22 heavy (non-hydrogen) atoms. The van der Waals surface area contributed by atoms with Gasteiger partial charge in [0.15, 0.2) is 0 Å². The molecule has 0 amide bonds. The SMILES string of the molecule is COC(=O)C(C#N)=NNc1ccc(Oc2ccccc2)cc1. The summed E-state index contributed by atoms with van der Waals surface area (Å²) < 4.78 is 10.1. The average molecular weight is 295 g/mol. The molecular weight excluding hydrogens is 282 g/mol. The van der Waals surface area contributed by atoms with Crippen molar-refractivity contribution in [3.63, 3.8) is 0 Å². The predicted molar refractivity (Wildman–Crippen MR) is 81.6 cm³/mol. The van der Waals surface area contributed by atoms with Gasteiger partial charge in [-0.05, 0) is 36.4 Å². The second kappa shape index (κ2) is 7.45. The van der Waals surface area contributed by atoms with Gasteiger partial charge in [-0.3, -0.25) is 5.43 Å². The molecule has 0 saturated heterocycles. The van der Waals surface area contributed by atoms with Gasteiger partial charge in [-0.1, -0.05) is 18.2 Å². The summed E-state index contributed by atoms with van der Waals surface area (Å²) in [6, 6.07) is 18.0. The molecule has 2 rings (SSSR count). The third kappa shape index (κ3) is 4.08. The minimum absolute atomic E-state index is 0.355. The monoisotopic (exact) mass is 295 g/mol. The molecule has 0 aliphatic rings. The van der Waals surface area contributed by atoms with E-state index in [1.54, 1.807) is 30.3 Å². The second-order valence-corrected chi connectivity index (χ2v) is 4.12. The Kier molecular flexibility index (Phi) is 5.10. The lowest BCUT2D eigenvalue weighted by atomic mass is 10.3. The maximum Gasteiger partial charge on any atom is 0.369 e. The first-order chi connectivity index (χ1) is 10.7. The number of benzene rings is 2. The standard InChI is InChI=1S/C16H13N3O3/c1-21-16(20)15(11-17)19-18-12-7-9-14(10-8-12)22-13-5-3-2-4-6-13/h2-10,18H,1H3. The summed E-state index contributed by atoms with van der Waals surface area (Å²) >= 11 is 0. The van der Waals surface area contributed by atoms with E-state index in [9.17, 15) is 4.79 Å². The summed E-state index contributed by atoms with van der Waals surface area (Å²) in [6.45, 7) is 0. The Labute approximate surface area is 127 Å². The molecule has 2 aromatic rings. The van der Waals surface area contributed by atoms with Crippen molar-refractivity contribution < 1.29 is 14.3 Å². The van der Waals surface area contributed by atoms with Gasteiger partial charge >= 0.3 is 5.97 Å². The fraction of sp³-hybridized carbons (Fsp3) is 0.0625. The molecule has 0 unspecified atom stereocenters. The zero-order valence-corrected chi connectivity index (χ0v) is 11.8. The van der Waals surface area contributed by atoms with E-state index in [1.165, 1.54) is 7.11 Å². The average Bonchev–Trinajstić information content (AvgIpc) is 2.57. The maximum atomic E-state index is 11.2. The number of hydrazone groups is 1. The first-order valence-electron chi connectivity index (χ1n) is 6.38. The Hall–Kier alpha value is -3.33. The van der Waals surface area contributed by atoms with Crippen LogP contribution < -0.4 is 10.2 Å². The number of nitrogens with one attached hydrogen (secondary N) is 1. The highest BCUT2D eigenvalue weighted by atomic mass is 16.5. The second-order valence-electron chi connectivity index (χ2n) is 4.12. The van der Waals surface area contributed by atoms with Crippen LogP contribution in [-0.4, -0.2) is 18.8 Å². The largest absolute Gasteiger partial charge is 0.464 e. The molecule has 0 aliphatic heterocycles. The van der Waals surface area contributed by atoms with E-state index < -0.39 is 5.97 Å². The number of nitriles is 1. The highest BCUT2D eigenvalue weighted by molar-refractivity contribution is 6.43. The number of para-hydroxylation sites is 1. The molecular formula is C16H13N3O3. The van der Waals surface area contributed by atoms with Crippen molar-refractivity contribution in [2.24, 2.45) is 5.10 Å². The van der Waals surface area contributed by atoms with E-state index in [0.717, 1.165) is 5.75 Å². The number of methoxy groups -OCH3 is 1. The number of rotatable bonds is 5. The molecule has 0 radical (unpaired) electrons. The number of carbonyl (C=O) groups excluding carboxylic acids is 1. The smallest absolute Gasteiger partial charge is 0.369 e. The van der Waals surface area contributed by atoms with E-state index in [1.807, 2.05) is 30.3 Å². The first kappa shape index (κ1) is 15.1. The van der Waals surface area contributed by atoms with Crippen LogP contribution in [0.1, 0.15) is 0 Å². The van der Waals surface area contributed by atoms with E-state index in [4.69, 9.17) is 10.00 Å². The van der Waals surface area contributed by atoms with Crippen molar-refractivity contribution in [3.05, 3.63) is 54.6 Å². The normalized spacial score (nSPS) is 10.5. The van der Waals surface area contributed by atoms with E-state index in [-0.39, 0.29) is 5.71 Å². The lowest BCUT2D eigenvalue weighted by Crippen LogP contribution is -2.15. The van der Waals surface area contributed by atoms with Crippen LogP contribution >= 0.6 is 0 Å². The Morgan fingerprint density at radius 3 is 2.32 bits per heavy atom. The molecule has 0 bridgehead atoms. The summed E-state index contributed by atoms with van der Waals surface area (Å²) in [7, 11) is 1.19. The lowest BCUT2D eigenvalue weighted by molar-refractivity contribution is -0.132. The Morgan fingerprint density at radius 2 is 1.73 bits per heavy atom. The van der Waals surface area contributed by atoms with Gasteiger partial charge in [0.05, 0.1) is 12.8 Å². The molecule has 0 aromatic heterocycles. The van der Waals surface area contributed by atoms with Crippen LogP contribution in [0.25, 0.3) is 0 Å². The summed E-state index contributed by atoms with van der Waals surface area (Å²) in [6.07, 6.45) is 0. The van der Waals surface area contributed by atoms with Crippen LogP contribution in [0.5, 0.6) is 11.5 Å². The van der Waals surface area contributed by atoms with Gasteiger partial charge in [0.25, 0.3) is 0 Å². The fourth-order valence-electron chi connectivity index (χ4n) is 1.56. The Morgan fingerprint density at radius 1 is 1.09 bits per heavy atom. The van der Waals surface area contributed by atoms with Crippen LogP contribution in [0.3, 0.4) is 0 Å². The van der Waals surface area contributed by atoms with Crippen LogP contribution in [0.4, 0.5) is 5.69 Å². The molecule has 0 aliphatic carbocycles. The minimum atomic E-state index is -0.793. The molecule has 0 spiro atoms. The molecule has 1 N–H and O–H groups in total. The molecule has 0 heterocycles. The molecule has 6 heteroatoms. The number of carbonyl (C=O) groups is 1. The van der Waals surface area contributed by atoms with Gasteiger partial charge in [0, 0.05) is 0 Å². The summed E-state index contributed by atoms with van der Waals surface area (Å²) in [5.74, 6) is 0.604. The van der Waals surface area contributed by atoms with E-state index >= 15 is 0 Å². The van der Waals surface area contributed by atoms with Crippen molar-refractivity contribution in [2.75, 3.05) is 12.5 Å². The topological polar surface area (TPSA) is 83.7 Å². The first-order valence-corrected chi connectivity index (χ1v) is 6.38. The summed E-state index contributed by atoms with van der Waals surface area (Å²) in [5.41, 5.74) is 2.86. The number of nitrogens with zero attached hydrogens (tertiary/aromatic N) is 2. The highest BCUT2D eigenvalue weighted by Crippen LogP contribution is 2.22. The lowest BCUT2D eigenvalue weighted by Gasteiger charge is -2.06. The van der Waals surface area contributed by atoms with Crippen molar-refractivity contribution in [3.8, 4) is 17.6 Å². The molecule has 110 valence electrons. The zero-order valence-electron chi connectivity index (χ0n) is 11.8. The Bertz CT molecular complexity index is 704.